The molecule has 1 aliphatic rings. The van der Waals surface area contributed by atoms with E-state index >= 15 is 0 Å². The van der Waals surface area contributed by atoms with E-state index in [9.17, 15) is 0 Å². The van der Waals surface area contributed by atoms with Crippen molar-refractivity contribution in [2.45, 2.75) is 6.10 Å². The fourth-order valence-corrected chi connectivity index (χ4v) is 1.11. The van der Waals surface area contributed by atoms with Gasteiger partial charge in [-0.25, -0.2) is 4.98 Å². The van der Waals surface area contributed by atoms with Crippen LogP contribution in [0.25, 0.3) is 0 Å². The molecule has 0 unspecified atom stereocenters. The Labute approximate surface area is 63.8 Å². The van der Waals surface area contributed by atoms with Crippen molar-refractivity contribution in [3.8, 4) is 0 Å². The van der Waals surface area contributed by atoms with Gasteiger partial charge in [-0.3, -0.25) is 0 Å². The van der Waals surface area contributed by atoms with Gasteiger partial charge in [0.2, 0.25) is 0 Å². The second-order valence-electron chi connectivity index (χ2n) is 2.21. The first kappa shape index (κ1) is 6.13. The minimum Gasteiger partial charge on any atom is -0.368 e. The Morgan fingerprint density at radius 1 is 1.70 bits per heavy atom. The van der Waals surface area contributed by atoms with Crippen molar-refractivity contribution in [3.63, 3.8) is 0 Å². The molecule has 2 rings (SSSR count). The van der Waals surface area contributed by atoms with Gasteiger partial charge in [-0.2, -0.15) is 0 Å². The fraction of sp³-hybridized carbons (Fsp3) is 0.286. The van der Waals surface area contributed by atoms with E-state index in [1.165, 1.54) is 0 Å². The Morgan fingerprint density at radius 3 is 3.10 bits per heavy atom. The van der Waals surface area contributed by atoms with E-state index in [0.717, 1.165) is 12.2 Å². The molecule has 0 N–H and O–H groups in total. The number of nitrogens with zero attached hydrogens (tertiary/aromatic N) is 1. The highest BCUT2D eigenvalue weighted by molar-refractivity contribution is 6.30. The third kappa shape index (κ3) is 1.00. The molecule has 3 heteroatoms. The number of hydrogen-bond donors (Lipinski definition) is 0. The van der Waals surface area contributed by atoms with Gasteiger partial charge in [0.15, 0.2) is 0 Å². The van der Waals surface area contributed by atoms with Crippen LogP contribution < -0.4 is 0 Å². The number of epoxide rings is 1. The van der Waals surface area contributed by atoms with E-state index in [1.807, 2.05) is 12.1 Å². The number of ether oxygens (including phenoxy) is 1. The standard InChI is InChI=1S/C7H6ClNO/c8-7-5(6-4-10-6)2-1-3-9-7/h1-3,6H,4H2/t6-/m1/s1. The summed E-state index contributed by atoms with van der Waals surface area (Å²) in [6.07, 6.45) is 1.88. The van der Waals surface area contributed by atoms with Crippen LogP contribution in [0.15, 0.2) is 18.3 Å². The SMILES string of the molecule is Clc1ncccc1[C@H]1CO1. The van der Waals surface area contributed by atoms with Crippen molar-refractivity contribution in [2.24, 2.45) is 0 Å². The van der Waals surface area contributed by atoms with Crippen molar-refractivity contribution < 1.29 is 4.74 Å². The van der Waals surface area contributed by atoms with Crippen molar-refractivity contribution in [3.05, 3.63) is 29.0 Å². The molecule has 1 atom stereocenters. The topological polar surface area (TPSA) is 25.4 Å². The van der Waals surface area contributed by atoms with Crippen molar-refractivity contribution in [1.82, 2.24) is 4.98 Å². The van der Waals surface area contributed by atoms with Gasteiger partial charge in [0, 0.05) is 11.8 Å². The molecule has 0 bridgehead atoms. The Kier molecular flexibility index (Phi) is 1.36. The van der Waals surface area contributed by atoms with Gasteiger partial charge in [-0.15, -0.1) is 0 Å². The molecule has 1 aromatic heterocycles. The predicted octanol–water partition coefficient (Wildman–Crippen LogP) is 1.81. The second-order valence-corrected chi connectivity index (χ2v) is 2.56. The van der Waals surface area contributed by atoms with Crippen LogP contribution in [-0.4, -0.2) is 11.6 Å². The number of aromatic nitrogens is 1. The third-order valence-electron chi connectivity index (χ3n) is 1.47. The van der Waals surface area contributed by atoms with E-state index in [1.54, 1.807) is 6.20 Å². The summed E-state index contributed by atoms with van der Waals surface area (Å²) in [6, 6.07) is 3.80. The van der Waals surface area contributed by atoms with Crippen LogP contribution in [0.3, 0.4) is 0 Å². The lowest BCUT2D eigenvalue weighted by atomic mass is 10.2. The minimum atomic E-state index is 0.209. The van der Waals surface area contributed by atoms with Crippen LogP contribution in [0, 0.1) is 0 Å². The van der Waals surface area contributed by atoms with E-state index in [-0.39, 0.29) is 6.10 Å². The van der Waals surface area contributed by atoms with Crippen LogP contribution in [0.1, 0.15) is 11.7 Å². The molecule has 0 aliphatic carbocycles. The molecule has 1 aromatic rings. The van der Waals surface area contributed by atoms with E-state index < -0.39 is 0 Å². The molecular formula is C7H6ClNO. The largest absolute Gasteiger partial charge is 0.368 e. The molecule has 0 radical (unpaired) electrons. The number of rotatable bonds is 1. The quantitative estimate of drug-likeness (QED) is 0.457. The summed E-state index contributed by atoms with van der Waals surface area (Å²) in [4.78, 5) is 3.93. The molecule has 2 nitrogen and oxygen atoms in total. The highest BCUT2D eigenvalue weighted by Gasteiger charge is 2.26. The number of halogens is 1. The Bertz CT molecular complexity index is 247. The van der Waals surface area contributed by atoms with E-state index in [2.05, 4.69) is 4.98 Å². The van der Waals surface area contributed by atoms with Gasteiger partial charge in [0.1, 0.15) is 11.3 Å². The van der Waals surface area contributed by atoms with Gasteiger partial charge in [0.25, 0.3) is 0 Å². The van der Waals surface area contributed by atoms with Crippen LogP contribution in [0.5, 0.6) is 0 Å². The molecule has 0 spiro atoms. The Balaban J connectivity index is 2.39. The molecule has 52 valence electrons. The zero-order valence-corrected chi connectivity index (χ0v) is 6.01. The molecule has 0 saturated carbocycles. The molecule has 2 heterocycles. The summed E-state index contributed by atoms with van der Waals surface area (Å²) in [6.45, 7) is 0.783. The van der Waals surface area contributed by atoms with Gasteiger partial charge in [-0.05, 0) is 6.07 Å². The maximum Gasteiger partial charge on any atom is 0.134 e. The maximum absolute atomic E-state index is 5.77. The summed E-state index contributed by atoms with van der Waals surface area (Å²) in [5, 5.41) is 0.560. The lowest BCUT2D eigenvalue weighted by Crippen LogP contribution is -1.83. The summed E-state index contributed by atoms with van der Waals surface area (Å²) in [5.74, 6) is 0. The van der Waals surface area contributed by atoms with Gasteiger partial charge < -0.3 is 4.74 Å². The molecule has 1 fully saturated rings. The van der Waals surface area contributed by atoms with Crippen molar-refractivity contribution in [2.75, 3.05) is 6.61 Å². The Morgan fingerprint density at radius 2 is 2.50 bits per heavy atom. The first-order valence-corrected chi connectivity index (χ1v) is 3.48. The fourth-order valence-electron chi connectivity index (χ4n) is 0.866. The van der Waals surface area contributed by atoms with Gasteiger partial charge in [-0.1, -0.05) is 17.7 Å². The van der Waals surface area contributed by atoms with Crippen LogP contribution in [0.4, 0.5) is 0 Å². The Hall–Kier alpha value is -0.600. The zero-order chi connectivity index (χ0) is 6.97. The highest BCUT2D eigenvalue weighted by Crippen LogP contribution is 2.32. The lowest BCUT2D eigenvalue weighted by molar-refractivity contribution is 0.415. The zero-order valence-electron chi connectivity index (χ0n) is 5.25. The normalized spacial score (nSPS) is 22.7. The average molecular weight is 156 g/mol. The van der Waals surface area contributed by atoms with Crippen molar-refractivity contribution >= 4 is 11.6 Å². The molecular weight excluding hydrogens is 150 g/mol. The average Bonchev–Trinajstić information content (AvgIpc) is 2.71. The monoisotopic (exact) mass is 155 g/mol. The van der Waals surface area contributed by atoms with Crippen LogP contribution in [-0.2, 0) is 4.74 Å². The van der Waals surface area contributed by atoms with Crippen LogP contribution in [0.2, 0.25) is 5.15 Å². The van der Waals surface area contributed by atoms with Crippen molar-refractivity contribution in [1.29, 1.82) is 0 Å². The third-order valence-corrected chi connectivity index (χ3v) is 1.78. The number of hydrogen-bond acceptors (Lipinski definition) is 2. The molecule has 0 aromatic carbocycles. The minimum absolute atomic E-state index is 0.209. The summed E-state index contributed by atoms with van der Waals surface area (Å²) >= 11 is 5.77. The first-order chi connectivity index (χ1) is 4.88. The molecule has 0 amide bonds. The van der Waals surface area contributed by atoms with E-state index in [0.29, 0.717) is 5.15 Å². The van der Waals surface area contributed by atoms with Gasteiger partial charge >= 0.3 is 0 Å². The highest BCUT2D eigenvalue weighted by atomic mass is 35.5. The molecule has 1 saturated heterocycles. The second kappa shape index (κ2) is 2.22. The first-order valence-electron chi connectivity index (χ1n) is 3.10. The predicted molar refractivity (Wildman–Crippen MR) is 37.9 cm³/mol. The smallest absolute Gasteiger partial charge is 0.134 e. The maximum atomic E-state index is 5.77. The summed E-state index contributed by atoms with van der Waals surface area (Å²) in [5.41, 5.74) is 1.00. The molecule has 1 aliphatic heterocycles. The summed E-state index contributed by atoms with van der Waals surface area (Å²) < 4.78 is 5.05. The number of pyridine rings is 1. The summed E-state index contributed by atoms with van der Waals surface area (Å²) in [7, 11) is 0. The van der Waals surface area contributed by atoms with Crippen LogP contribution >= 0.6 is 11.6 Å². The molecule has 10 heavy (non-hydrogen) atoms. The van der Waals surface area contributed by atoms with Gasteiger partial charge in [0.05, 0.1) is 6.61 Å². The lowest BCUT2D eigenvalue weighted by Gasteiger charge is -1.95. The van der Waals surface area contributed by atoms with E-state index in [4.69, 9.17) is 16.3 Å².